The van der Waals surface area contributed by atoms with Crippen LogP contribution in [0.25, 0.3) is 0 Å². The predicted octanol–water partition coefficient (Wildman–Crippen LogP) is 4.54. The van der Waals surface area contributed by atoms with E-state index < -0.39 is 0 Å². The Bertz CT molecular complexity index is 557. The molecule has 0 saturated carbocycles. The first kappa shape index (κ1) is 16.4. The summed E-state index contributed by atoms with van der Waals surface area (Å²) in [6, 6.07) is 16.1. The van der Waals surface area contributed by atoms with Gasteiger partial charge in [0.15, 0.2) is 0 Å². The smallest absolute Gasteiger partial charge is 0.118 e. The molecule has 112 valence electrons. The summed E-state index contributed by atoms with van der Waals surface area (Å²) in [4.78, 5) is 1.17. The van der Waals surface area contributed by atoms with E-state index in [4.69, 9.17) is 4.74 Å². The number of rotatable bonds is 7. The lowest BCUT2D eigenvalue weighted by Gasteiger charge is -2.11. The second-order valence-corrected chi connectivity index (χ2v) is 6.70. The van der Waals surface area contributed by atoms with Gasteiger partial charge in [-0.1, -0.05) is 24.3 Å². The largest absolute Gasteiger partial charge is 0.497 e. The van der Waals surface area contributed by atoms with Crippen molar-refractivity contribution in [2.24, 2.45) is 0 Å². The van der Waals surface area contributed by atoms with Crippen molar-refractivity contribution >= 4 is 27.7 Å². The minimum absolute atomic E-state index is 0.302. The van der Waals surface area contributed by atoms with Crippen LogP contribution < -0.4 is 4.74 Å². The van der Waals surface area contributed by atoms with Crippen molar-refractivity contribution in [3.05, 3.63) is 58.6 Å². The Balaban J connectivity index is 1.76. The van der Waals surface area contributed by atoms with Crippen LogP contribution in [0.15, 0.2) is 57.9 Å². The van der Waals surface area contributed by atoms with Crippen LogP contribution in [0.5, 0.6) is 5.75 Å². The van der Waals surface area contributed by atoms with Gasteiger partial charge in [-0.3, -0.25) is 0 Å². The highest BCUT2D eigenvalue weighted by Gasteiger charge is 2.07. The average molecular weight is 367 g/mol. The lowest BCUT2D eigenvalue weighted by atomic mass is 10.1. The van der Waals surface area contributed by atoms with Gasteiger partial charge in [0.2, 0.25) is 0 Å². The highest BCUT2D eigenvalue weighted by Crippen LogP contribution is 2.28. The summed E-state index contributed by atoms with van der Waals surface area (Å²) in [5.74, 6) is 1.57. The zero-order chi connectivity index (χ0) is 15.1. The molecule has 2 nitrogen and oxygen atoms in total. The summed E-state index contributed by atoms with van der Waals surface area (Å²) in [6.45, 7) is 0. The molecule has 1 N–H and O–H groups in total. The SMILES string of the molecule is COc1ccc(CCC(O)CSc2ccccc2Br)cc1. The van der Waals surface area contributed by atoms with Gasteiger partial charge in [-0.05, 0) is 58.6 Å². The lowest BCUT2D eigenvalue weighted by molar-refractivity contribution is 0.189. The maximum atomic E-state index is 10.1. The van der Waals surface area contributed by atoms with E-state index >= 15 is 0 Å². The number of aliphatic hydroxyl groups excluding tert-OH is 1. The fourth-order valence-electron chi connectivity index (χ4n) is 1.96. The van der Waals surface area contributed by atoms with Crippen LogP contribution in [-0.4, -0.2) is 24.1 Å². The summed E-state index contributed by atoms with van der Waals surface area (Å²) < 4.78 is 6.22. The van der Waals surface area contributed by atoms with Crippen molar-refractivity contribution in [2.45, 2.75) is 23.8 Å². The van der Waals surface area contributed by atoms with E-state index in [9.17, 15) is 5.11 Å². The standard InChI is InChI=1S/C17H19BrO2S/c1-20-15-10-7-13(8-11-15)6-9-14(19)12-21-17-5-3-2-4-16(17)18/h2-5,7-8,10-11,14,19H,6,9,12H2,1H3. The average Bonchev–Trinajstić information content (AvgIpc) is 2.52. The van der Waals surface area contributed by atoms with Gasteiger partial charge in [0, 0.05) is 15.1 Å². The molecule has 0 aliphatic rings. The van der Waals surface area contributed by atoms with Crippen molar-refractivity contribution in [3.8, 4) is 5.75 Å². The molecule has 0 heterocycles. The third kappa shape index (κ3) is 5.38. The first-order chi connectivity index (χ1) is 10.2. The number of thioether (sulfide) groups is 1. The molecule has 0 saturated heterocycles. The van der Waals surface area contributed by atoms with E-state index in [0.717, 1.165) is 23.1 Å². The number of aliphatic hydroxyl groups is 1. The van der Waals surface area contributed by atoms with Gasteiger partial charge in [-0.2, -0.15) is 0 Å². The van der Waals surface area contributed by atoms with Gasteiger partial charge in [0.05, 0.1) is 13.2 Å². The molecule has 2 rings (SSSR count). The normalized spacial score (nSPS) is 12.1. The van der Waals surface area contributed by atoms with E-state index in [1.165, 1.54) is 10.5 Å². The van der Waals surface area contributed by atoms with Crippen molar-refractivity contribution in [1.29, 1.82) is 0 Å². The second kappa shape index (κ2) is 8.47. The third-order valence-corrected chi connectivity index (χ3v) is 5.37. The summed E-state index contributed by atoms with van der Waals surface area (Å²) in [6.07, 6.45) is 1.34. The molecule has 0 aliphatic heterocycles. The Kier molecular flexibility index (Phi) is 6.61. The number of methoxy groups -OCH3 is 1. The zero-order valence-corrected chi connectivity index (χ0v) is 14.4. The molecule has 0 bridgehead atoms. The number of ether oxygens (including phenoxy) is 1. The molecular formula is C17H19BrO2S. The van der Waals surface area contributed by atoms with Gasteiger partial charge in [-0.15, -0.1) is 11.8 Å². The quantitative estimate of drug-likeness (QED) is 0.729. The van der Waals surface area contributed by atoms with Crippen LogP contribution in [0.2, 0.25) is 0 Å². The summed E-state index contributed by atoms with van der Waals surface area (Å²) in [5, 5.41) is 10.1. The van der Waals surface area contributed by atoms with E-state index in [0.29, 0.717) is 5.75 Å². The van der Waals surface area contributed by atoms with Crippen LogP contribution in [0.4, 0.5) is 0 Å². The highest BCUT2D eigenvalue weighted by molar-refractivity contribution is 9.10. The minimum Gasteiger partial charge on any atom is -0.497 e. The number of hydrogen-bond acceptors (Lipinski definition) is 3. The molecule has 1 unspecified atom stereocenters. The first-order valence-electron chi connectivity index (χ1n) is 6.87. The highest BCUT2D eigenvalue weighted by atomic mass is 79.9. The van der Waals surface area contributed by atoms with Gasteiger partial charge in [0.25, 0.3) is 0 Å². The fourth-order valence-corrected chi connectivity index (χ4v) is 3.50. The Morgan fingerprint density at radius 1 is 1.14 bits per heavy atom. The molecule has 0 aromatic heterocycles. The number of hydrogen-bond donors (Lipinski definition) is 1. The zero-order valence-electron chi connectivity index (χ0n) is 12.0. The van der Waals surface area contributed by atoms with Gasteiger partial charge in [-0.25, -0.2) is 0 Å². The molecule has 0 amide bonds. The molecule has 0 radical (unpaired) electrons. The van der Waals surface area contributed by atoms with Gasteiger partial charge in [0.1, 0.15) is 5.75 Å². The Hall–Kier alpha value is -0.970. The van der Waals surface area contributed by atoms with Crippen molar-refractivity contribution < 1.29 is 9.84 Å². The third-order valence-electron chi connectivity index (χ3n) is 3.19. The predicted molar refractivity (Wildman–Crippen MR) is 92.2 cm³/mol. The topological polar surface area (TPSA) is 29.5 Å². The summed E-state index contributed by atoms with van der Waals surface area (Å²) >= 11 is 5.20. The molecule has 0 aliphatic carbocycles. The van der Waals surface area contributed by atoms with E-state index in [1.807, 2.05) is 42.5 Å². The molecule has 0 fully saturated rings. The van der Waals surface area contributed by atoms with Gasteiger partial charge < -0.3 is 9.84 Å². The maximum Gasteiger partial charge on any atom is 0.118 e. The maximum absolute atomic E-state index is 10.1. The van der Waals surface area contributed by atoms with Crippen LogP contribution in [-0.2, 0) is 6.42 Å². The van der Waals surface area contributed by atoms with Gasteiger partial charge >= 0.3 is 0 Å². The Morgan fingerprint density at radius 2 is 1.86 bits per heavy atom. The molecule has 4 heteroatoms. The molecule has 1 atom stereocenters. The van der Waals surface area contributed by atoms with Crippen molar-refractivity contribution in [1.82, 2.24) is 0 Å². The molecule has 2 aromatic rings. The molecule has 21 heavy (non-hydrogen) atoms. The van der Waals surface area contributed by atoms with Crippen LogP contribution in [0.1, 0.15) is 12.0 Å². The number of halogens is 1. The lowest BCUT2D eigenvalue weighted by Crippen LogP contribution is -2.11. The number of benzene rings is 2. The van der Waals surface area contributed by atoms with Crippen LogP contribution in [0, 0.1) is 0 Å². The van der Waals surface area contributed by atoms with Crippen LogP contribution >= 0.6 is 27.7 Å². The monoisotopic (exact) mass is 366 g/mol. The summed E-state index contributed by atoms with van der Waals surface area (Å²) in [7, 11) is 1.66. The van der Waals surface area contributed by atoms with E-state index in [1.54, 1.807) is 18.9 Å². The first-order valence-corrected chi connectivity index (χ1v) is 8.65. The van der Waals surface area contributed by atoms with Crippen molar-refractivity contribution in [3.63, 3.8) is 0 Å². The van der Waals surface area contributed by atoms with Crippen LogP contribution in [0.3, 0.4) is 0 Å². The Morgan fingerprint density at radius 3 is 2.52 bits per heavy atom. The molecule has 0 spiro atoms. The second-order valence-electron chi connectivity index (χ2n) is 4.78. The Labute approximate surface area is 138 Å². The number of aryl methyl sites for hydroxylation is 1. The summed E-state index contributed by atoms with van der Waals surface area (Å²) in [5.41, 5.74) is 1.22. The van der Waals surface area contributed by atoms with Crippen molar-refractivity contribution in [2.75, 3.05) is 12.9 Å². The van der Waals surface area contributed by atoms with E-state index in [-0.39, 0.29) is 6.10 Å². The minimum atomic E-state index is -0.302. The molecular weight excluding hydrogens is 348 g/mol. The fraction of sp³-hybridized carbons (Fsp3) is 0.294. The van der Waals surface area contributed by atoms with E-state index in [2.05, 4.69) is 22.0 Å². The molecule has 2 aromatic carbocycles.